The zero-order chi connectivity index (χ0) is 14.4. The molecule has 0 aliphatic heterocycles. The molecule has 0 amide bonds. The first-order valence-corrected chi connectivity index (χ1v) is 7.81. The number of carbonyl (C=O) groups is 1. The molecule has 2 rings (SSSR count). The van der Waals surface area contributed by atoms with E-state index in [9.17, 15) is 4.79 Å². The number of terminal acetylenes is 2. The second kappa shape index (κ2) is 7.39. The number of rotatable bonds is 3. The number of ether oxygens (including phenoxy) is 1. The monoisotopic (exact) mass is 272 g/mol. The molecule has 0 radical (unpaired) electrons. The molecule has 0 aromatic heterocycles. The third-order valence-electron chi connectivity index (χ3n) is 4.84. The number of hydrogen-bond donors (Lipinski definition) is 0. The highest BCUT2D eigenvalue weighted by atomic mass is 16.5. The average molecular weight is 272 g/mol. The van der Waals surface area contributed by atoms with Crippen LogP contribution in [-0.4, -0.2) is 12.6 Å². The fraction of sp³-hybridized carbons (Fsp3) is 0.722. The summed E-state index contributed by atoms with van der Waals surface area (Å²) >= 11 is 0. The summed E-state index contributed by atoms with van der Waals surface area (Å²) in [5.74, 6) is 6.97. The van der Waals surface area contributed by atoms with Crippen LogP contribution in [0.25, 0.3) is 0 Å². The Morgan fingerprint density at radius 2 is 1.40 bits per heavy atom. The van der Waals surface area contributed by atoms with Crippen LogP contribution in [0.1, 0.15) is 51.4 Å². The first-order valence-electron chi connectivity index (χ1n) is 7.81. The van der Waals surface area contributed by atoms with Gasteiger partial charge >= 0.3 is 5.97 Å². The van der Waals surface area contributed by atoms with E-state index in [4.69, 9.17) is 17.6 Å². The van der Waals surface area contributed by atoms with Gasteiger partial charge in [-0.2, -0.15) is 0 Å². The zero-order valence-corrected chi connectivity index (χ0v) is 12.1. The lowest BCUT2D eigenvalue weighted by Crippen LogP contribution is -2.26. The van der Waals surface area contributed by atoms with Crippen LogP contribution in [0, 0.1) is 48.4 Å². The lowest BCUT2D eigenvalue weighted by atomic mass is 9.82. The molecule has 2 saturated carbocycles. The maximum atomic E-state index is 12.1. The Hall–Kier alpha value is -1.41. The van der Waals surface area contributed by atoms with Gasteiger partial charge in [0.05, 0.1) is 12.5 Å². The van der Waals surface area contributed by atoms with Crippen molar-refractivity contribution in [3.8, 4) is 24.7 Å². The quantitative estimate of drug-likeness (QED) is 0.581. The van der Waals surface area contributed by atoms with Gasteiger partial charge in [0.15, 0.2) is 0 Å². The normalized spacial score (nSPS) is 33.7. The van der Waals surface area contributed by atoms with Crippen molar-refractivity contribution < 1.29 is 9.53 Å². The minimum atomic E-state index is -0.0143. The summed E-state index contributed by atoms with van der Waals surface area (Å²) in [4.78, 5) is 12.1. The zero-order valence-electron chi connectivity index (χ0n) is 12.1. The van der Waals surface area contributed by atoms with Crippen molar-refractivity contribution in [1.82, 2.24) is 0 Å². The molecule has 0 N–H and O–H groups in total. The lowest BCUT2D eigenvalue weighted by molar-refractivity contribution is -0.151. The fourth-order valence-corrected chi connectivity index (χ4v) is 3.31. The van der Waals surface area contributed by atoms with Gasteiger partial charge in [-0.05, 0) is 57.3 Å². The van der Waals surface area contributed by atoms with E-state index in [1.165, 1.54) is 0 Å². The van der Waals surface area contributed by atoms with Gasteiger partial charge in [0.25, 0.3) is 0 Å². The summed E-state index contributed by atoms with van der Waals surface area (Å²) in [6.45, 7) is 0.575. The van der Waals surface area contributed by atoms with E-state index in [0.717, 1.165) is 51.4 Å². The molecule has 0 bridgehead atoms. The molecular weight excluding hydrogens is 248 g/mol. The number of hydrogen-bond acceptors (Lipinski definition) is 2. The molecule has 0 atom stereocenters. The van der Waals surface area contributed by atoms with Gasteiger partial charge in [-0.3, -0.25) is 4.79 Å². The first-order chi connectivity index (χ1) is 9.72. The van der Waals surface area contributed by atoms with Crippen molar-refractivity contribution in [2.45, 2.75) is 51.4 Å². The largest absolute Gasteiger partial charge is 0.465 e. The van der Waals surface area contributed by atoms with Crippen LogP contribution in [0.4, 0.5) is 0 Å². The van der Waals surface area contributed by atoms with E-state index in [1.807, 2.05) is 0 Å². The van der Waals surface area contributed by atoms with Crippen LogP contribution in [-0.2, 0) is 9.53 Å². The molecule has 2 nitrogen and oxygen atoms in total. The van der Waals surface area contributed by atoms with Gasteiger partial charge in [-0.25, -0.2) is 0 Å². The Kier molecular flexibility index (Phi) is 5.54. The molecule has 0 unspecified atom stereocenters. The SMILES string of the molecule is C#CC1CCC(COC(=O)C2CCC(C#C)CC2)CC1. The van der Waals surface area contributed by atoms with Gasteiger partial charge in [0.2, 0.25) is 0 Å². The summed E-state index contributed by atoms with van der Waals surface area (Å²) in [6, 6.07) is 0. The maximum absolute atomic E-state index is 12.1. The molecule has 2 fully saturated rings. The summed E-state index contributed by atoms with van der Waals surface area (Å²) < 4.78 is 5.52. The molecule has 0 aromatic rings. The van der Waals surface area contributed by atoms with Crippen molar-refractivity contribution in [3.63, 3.8) is 0 Å². The molecule has 0 aromatic carbocycles. The Bertz CT molecular complexity index is 396. The highest BCUT2D eigenvalue weighted by Crippen LogP contribution is 2.31. The Morgan fingerprint density at radius 1 is 0.900 bits per heavy atom. The van der Waals surface area contributed by atoms with E-state index in [1.54, 1.807) is 0 Å². The lowest BCUT2D eigenvalue weighted by Gasteiger charge is -2.27. The van der Waals surface area contributed by atoms with Crippen molar-refractivity contribution >= 4 is 5.97 Å². The number of carbonyl (C=O) groups excluding carboxylic acids is 1. The molecule has 0 saturated heterocycles. The van der Waals surface area contributed by atoms with Crippen molar-refractivity contribution in [3.05, 3.63) is 0 Å². The summed E-state index contributed by atoms with van der Waals surface area (Å²) in [5, 5.41) is 0. The van der Waals surface area contributed by atoms with Crippen LogP contribution < -0.4 is 0 Å². The summed E-state index contributed by atoms with van der Waals surface area (Å²) in [6.07, 6.45) is 18.9. The Morgan fingerprint density at radius 3 is 1.90 bits per heavy atom. The summed E-state index contributed by atoms with van der Waals surface area (Å²) in [7, 11) is 0. The van der Waals surface area contributed by atoms with E-state index in [2.05, 4.69) is 11.8 Å². The van der Waals surface area contributed by atoms with Crippen molar-refractivity contribution in [1.29, 1.82) is 0 Å². The standard InChI is InChI=1S/C18H24O2/c1-3-14-5-7-16(8-6-14)13-20-18(19)17-11-9-15(4-2)10-12-17/h1-2,14-17H,5-13H2. The molecule has 2 aliphatic rings. The molecule has 0 heterocycles. The predicted octanol–water partition coefficient (Wildman–Crippen LogP) is 3.41. The Labute approximate surface area is 122 Å². The minimum absolute atomic E-state index is 0.0143. The van der Waals surface area contributed by atoms with E-state index in [0.29, 0.717) is 24.4 Å². The average Bonchev–Trinajstić information content (AvgIpc) is 2.53. The van der Waals surface area contributed by atoms with Crippen LogP contribution in [0.5, 0.6) is 0 Å². The van der Waals surface area contributed by atoms with Crippen LogP contribution in [0.3, 0.4) is 0 Å². The minimum Gasteiger partial charge on any atom is -0.465 e. The highest BCUT2D eigenvalue weighted by Gasteiger charge is 2.28. The third kappa shape index (κ3) is 4.04. The van der Waals surface area contributed by atoms with Crippen molar-refractivity contribution in [2.75, 3.05) is 6.61 Å². The maximum Gasteiger partial charge on any atom is 0.308 e. The van der Waals surface area contributed by atoms with Crippen LogP contribution in [0.15, 0.2) is 0 Å². The smallest absolute Gasteiger partial charge is 0.308 e. The van der Waals surface area contributed by atoms with Gasteiger partial charge in [0.1, 0.15) is 0 Å². The molecule has 108 valence electrons. The Balaban J connectivity index is 1.66. The molecular formula is C18H24O2. The van der Waals surface area contributed by atoms with Gasteiger partial charge in [0, 0.05) is 11.8 Å². The summed E-state index contributed by atoms with van der Waals surface area (Å²) in [5.41, 5.74) is 0. The molecule has 2 heteroatoms. The van der Waals surface area contributed by atoms with E-state index in [-0.39, 0.29) is 11.9 Å². The van der Waals surface area contributed by atoms with Gasteiger partial charge in [-0.15, -0.1) is 24.7 Å². The second-order valence-electron chi connectivity index (χ2n) is 6.23. The number of esters is 1. The predicted molar refractivity (Wildman–Crippen MR) is 79.5 cm³/mol. The third-order valence-corrected chi connectivity index (χ3v) is 4.84. The van der Waals surface area contributed by atoms with Gasteiger partial charge < -0.3 is 4.74 Å². The van der Waals surface area contributed by atoms with E-state index < -0.39 is 0 Å². The molecule has 2 aliphatic carbocycles. The van der Waals surface area contributed by atoms with Crippen molar-refractivity contribution in [2.24, 2.45) is 23.7 Å². The molecule has 20 heavy (non-hydrogen) atoms. The first kappa shape index (κ1) is 15.0. The fourth-order valence-electron chi connectivity index (χ4n) is 3.31. The highest BCUT2D eigenvalue weighted by molar-refractivity contribution is 5.72. The second-order valence-corrected chi connectivity index (χ2v) is 6.23. The van der Waals surface area contributed by atoms with E-state index >= 15 is 0 Å². The van der Waals surface area contributed by atoms with Crippen LogP contribution in [0.2, 0.25) is 0 Å². The van der Waals surface area contributed by atoms with Gasteiger partial charge in [-0.1, -0.05) is 0 Å². The topological polar surface area (TPSA) is 26.3 Å². The van der Waals surface area contributed by atoms with Crippen LogP contribution >= 0.6 is 0 Å². The molecule has 0 spiro atoms.